The summed E-state index contributed by atoms with van der Waals surface area (Å²) in [6.45, 7) is 7.71. The maximum atomic E-state index is 12.7. The second kappa shape index (κ2) is 5.81. The molecule has 2 heterocycles. The van der Waals surface area contributed by atoms with Crippen LogP contribution in [0, 0.1) is 13.8 Å². The molecule has 6 heteroatoms. The van der Waals surface area contributed by atoms with Gasteiger partial charge in [-0.1, -0.05) is 35.5 Å². The summed E-state index contributed by atoms with van der Waals surface area (Å²) in [5.41, 5.74) is 3.23. The summed E-state index contributed by atoms with van der Waals surface area (Å²) in [5.74, 6) is 0.723. The molecule has 0 aliphatic rings. The summed E-state index contributed by atoms with van der Waals surface area (Å²) in [6.07, 6.45) is 5.37. The van der Waals surface area contributed by atoms with Crippen molar-refractivity contribution in [3.05, 3.63) is 64.7 Å². The van der Waals surface area contributed by atoms with Gasteiger partial charge in [0.05, 0.1) is 5.69 Å². The summed E-state index contributed by atoms with van der Waals surface area (Å²) < 4.78 is 3.33. The molecule has 0 saturated carbocycles. The first-order chi connectivity index (χ1) is 10.6. The molecule has 112 valence electrons. The summed E-state index contributed by atoms with van der Waals surface area (Å²) in [5, 5.41) is 8.80. The van der Waals surface area contributed by atoms with Gasteiger partial charge < -0.3 is 0 Å². The van der Waals surface area contributed by atoms with Crippen LogP contribution in [0.1, 0.15) is 11.1 Å². The fraction of sp³-hybridized carbons (Fsp3) is 0.188. The molecule has 0 saturated heterocycles. The molecule has 0 atom stereocenters. The molecule has 3 aromatic rings. The summed E-state index contributed by atoms with van der Waals surface area (Å²) in [6, 6.07) is 6.00. The van der Waals surface area contributed by atoms with Crippen molar-refractivity contribution in [2.45, 2.75) is 19.0 Å². The van der Waals surface area contributed by atoms with Gasteiger partial charge in [0, 0.05) is 18.1 Å². The second-order valence-corrected chi connectivity index (χ2v) is 6.03. The minimum atomic E-state index is -0.174. The highest BCUT2D eigenvalue weighted by atomic mass is 32.2. The molecular formula is C16H16N4OS. The van der Waals surface area contributed by atoms with Crippen LogP contribution in [0.4, 0.5) is 0 Å². The minimum absolute atomic E-state index is 0.174. The molecule has 0 amide bonds. The molecule has 0 fully saturated rings. The van der Waals surface area contributed by atoms with Gasteiger partial charge in [-0.05, 0) is 25.5 Å². The third kappa shape index (κ3) is 2.46. The summed E-state index contributed by atoms with van der Waals surface area (Å²) in [4.78, 5) is 12.7. The van der Waals surface area contributed by atoms with E-state index in [4.69, 9.17) is 0 Å². The quantitative estimate of drug-likeness (QED) is 0.549. The van der Waals surface area contributed by atoms with E-state index in [1.165, 1.54) is 17.3 Å². The van der Waals surface area contributed by atoms with E-state index < -0.39 is 0 Å². The number of aromatic nitrogens is 4. The maximum absolute atomic E-state index is 12.7. The molecule has 2 aromatic heterocycles. The first kappa shape index (κ1) is 14.6. The highest BCUT2D eigenvalue weighted by Gasteiger charge is 2.12. The van der Waals surface area contributed by atoms with Gasteiger partial charge in [0.25, 0.3) is 0 Å². The Morgan fingerprint density at radius 1 is 1.27 bits per heavy atom. The van der Waals surface area contributed by atoms with E-state index in [2.05, 4.69) is 22.8 Å². The van der Waals surface area contributed by atoms with Gasteiger partial charge in [-0.15, -0.1) is 16.8 Å². The Morgan fingerprint density at radius 2 is 2.09 bits per heavy atom. The standard InChI is InChI=1S/C16H16N4OS/c1-4-9-22-16-18-17-14-15(21)19(7-8-20(14)16)13-6-5-11(2)10-12(13)3/h4-8,10H,1,9H2,2-3H3. The lowest BCUT2D eigenvalue weighted by molar-refractivity contribution is 0.891. The Kier molecular flexibility index (Phi) is 3.85. The third-order valence-corrected chi connectivity index (χ3v) is 4.32. The number of thioether (sulfide) groups is 1. The van der Waals surface area contributed by atoms with E-state index >= 15 is 0 Å². The van der Waals surface area contributed by atoms with Gasteiger partial charge in [0.2, 0.25) is 5.65 Å². The highest BCUT2D eigenvalue weighted by Crippen LogP contribution is 2.17. The molecule has 0 aliphatic carbocycles. The summed E-state index contributed by atoms with van der Waals surface area (Å²) in [7, 11) is 0. The van der Waals surface area contributed by atoms with Crippen LogP contribution < -0.4 is 5.56 Å². The molecule has 0 bridgehead atoms. The molecule has 0 spiro atoms. The van der Waals surface area contributed by atoms with Gasteiger partial charge in [-0.25, -0.2) is 0 Å². The fourth-order valence-corrected chi connectivity index (χ4v) is 3.02. The van der Waals surface area contributed by atoms with Crippen molar-refractivity contribution < 1.29 is 0 Å². The molecule has 0 radical (unpaired) electrons. The predicted molar refractivity (Wildman–Crippen MR) is 89.0 cm³/mol. The number of aryl methyl sites for hydroxylation is 2. The predicted octanol–water partition coefficient (Wildman–Crippen LogP) is 2.78. The first-order valence-corrected chi connectivity index (χ1v) is 7.88. The Balaban J connectivity index is 2.15. The molecule has 22 heavy (non-hydrogen) atoms. The molecule has 3 rings (SSSR count). The molecule has 0 N–H and O–H groups in total. The lowest BCUT2D eigenvalue weighted by Crippen LogP contribution is -2.21. The number of fused-ring (bicyclic) bond motifs is 1. The van der Waals surface area contributed by atoms with Crippen molar-refractivity contribution in [2.75, 3.05) is 5.75 Å². The fourth-order valence-electron chi connectivity index (χ4n) is 2.36. The maximum Gasteiger partial charge on any atom is 0.300 e. The van der Waals surface area contributed by atoms with Crippen LogP contribution in [-0.2, 0) is 0 Å². The van der Waals surface area contributed by atoms with Crippen molar-refractivity contribution in [1.82, 2.24) is 19.2 Å². The number of hydrogen-bond acceptors (Lipinski definition) is 4. The van der Waals surface area contributed by atoms with Gasteiger partial charge >= 0.3 is 5.56 Å². The Bertz CT molecular complexity index is 910. The van der Waals surface area contributed by atoms with Crippen LogP contribution in [-0.4, -0.2) is 24.9 Å². The van der Waals surface area contributed by atoms with E-state index in [1.807, 2.05) is 32.2 Å². The first-order valence-electron chi connectivity index (χ1n) is 6.89. The molecule has 1 aromatic carbocycles. The largest absolute Gasteiger partial charge is 0.300 e. The average Bonchev–Trinajstić information content (AvgIpc) is 2.90. The number of rotatable bonds is 4. The zero-order valence-electron chi connectivity index (χ0n) is 12.5. The van der Waals surface area contributed by atoms with E-state index in [0.717, 1.165) is 17.0 Å². The van der Waals surface area contributed by atoms with Crippen LogP contribution in [0.15, 0.2) is 53.2 Å². The van der Waals surface area contributed by atoms with Gasteiger partial charge in [-0.2, -0.15) is 0 Å². The number of hydrogen-bond donors (Lipinski definition) is 0. The normalized spacial score (nSPS) is 11.0. The Hall–Kier alpha value is -2.34. The second-order valence-electron chi connectivity index (χ2n) is 5.04. The van der Waals surface area contributed by atoms with Crippen molar-refractivity contribution in [3.8, 4) is 5.69 Å². The zero-order chi connectivity index (χ0) is 15.7. The zero-order valence-corrected chi connectivity index (χ0v) is 13.3. The molecule has 5 nitrogen and oxygen atoms in total. The van der Waals surface area contributed by atoms with Gasteiger partial charge in [0.1, 0.15) is 0 Å². The van der Waals surface area contributed by atoms with Gasteiger partial charge in [0.15, 0.2) is 5.16 Å². The van der Waals surface area contributed by atoms with Crippen LogP contribution in [0.25, 0.3) is 11.3 Å². The van der Waals surface area contributed by atoms with Gasteiger partial charge in [-0.3, -0.25) is 13.8 Å². The van der Waals surface area contributed by atoms with Crippen molar-refractivity contribution in [2.24, 2.45) is 0 Å². The van der Waals surface area contributed by atoms with Crippen molar-refractivity contribution in [1.29, 1.82) is 0 Å². The van der Waals surface area contributed by atoms with Crippen molar-refractivity contribution >= 4 is 17.4 Å². The summed E-state index contributed by atoms with van der Waals surface area (Å²) >= 11 is 1.50. The monoisotopic (exact) mass is 312 g/mol. The average molecular weight is 312 g/mol. The van der Waals surface area contributed by atoms with Crippen LogP contribution in [0.2, 0.25) is 0 Å². The SMILES string of the molecule is C=CCSc1nnc2c(=O)n(-c3ccc(C)cc3C)ccn12. The molecule has 0 aliphatic heterocycles. The smallest absolute Gasteiger partial charge is 0.279 e. The van der Waals surface area contributed by atoms with Crippen LogP contribution in [0.3, 0.4) is 0 Å². The van der Waals surface area contributed by atoms with Crippen LogP contribution >= 0.6 is 11.8 Å². The van der Waals surface area contributed by atoms with E-state index in [9.17, 15) is 4.79 Å². The highest BCUT2D eigenvalue weighted by molar-refractivity contribution is 7.99. The molecule has 0 unspecified atom stereocenters. The third-order valence-electron chi connectivity index (χ3n) is 3.38. The lowest BCUT2D eigenvalue weighted by atomic mass is 10.1. The molecular weight excluding hydrogens is 296 g/mol. The van der Waals surface area contributed by atoms with Crippen LogP contribution in [0.5, 0.6) is 0 Å². The Morgan fingerprint density at radius 3 is 2.82 bits per heavy atom. The topological polar surface area (TPSA) is 52.2 Å². The van der Waals surface area contributed by atoms with Crippen molar-refractivity contribution in [3.63, 3.8) is 0 Å². The van der Waals surface area contributed by atoms with E-state index in [0.29, 0.717) is 10.8 Å². The Labute approximate surface area is 132 Å². The lowest BCUT2D eigenvalue weighted by Gasteiger charge is -2.10. The van der Waals surface area contributed by atoms with E-state index in [-0.39, 0.29) is 5.56 Å². The number of nitrogens with zero attached hydrogens (tertiary/aromatic N) is 4. The number of benzene rings is 1. The minimum Gasteiger partial charge on any atom is -0.279 e. The van der Waals surface area contributed by atoms with E-state index in [1.54, 1.807) is 21.2 Å².